The second kappa shape index (κ2) is 35.0. The van der Waals surface area contributed by atoms with E-state index in [4.69, 9.17) is 24.7 Å². The van der Waals surface area contributed by atoms with Crippen molar-refractivity contribution in [2.75, 3.05) is 13.1 Å². The standard InChI is InChI=1S/C64H73N9O13/c1-43-35-50(74)36-44(2)51(43)38-55(71-62(80)84-40-47-25-12-5-13-26-47)59(78)69-53(32-20-34-66-60(72-63(81)85-41-48-27-14-6-15-28-48)73-64(82)86-42-49-29-16-7-17-30-49)57(76)70-54(37-45-21-8-3-9-22-45)58(77)68-52(56(65)75)31-18-19-33-67-61(79)83-39-46-23-10-4-11-24-46/h3-17,21-30,35-36,52-55,74H,18-20,31-34,37-42H2,1-2H3,(H2,65,75)(H,67,79)(H,68,77)(H,69,78)(H,70,76)(H,71,80)(H2,66,72,73,81,82)/t52-,53+,54-,55-/m0/s1. The topological polar surface area (TPSA) is 316 Å². The second-order valence-electron chi connectivity index (χ2n) is 20.0. The lowest BCUT2D eigenvalue weighted by Crippen LogP contribution is -2.59. The molecule has 0 bridgehead atoms. The minimum atomic E-state index is -1.46. The Hall–Kier alpha value is -10.2. The van der Waals surface area contributed by atoms with Gasteiger partial charge in [0.05, 0.1) is 0 Å². The summed E-state index contributed by atoms with van der Waals surface area (Å²) in [6.07, 6.45) is -3.12. The third-order valence-electron chi connectivity index (χ3n) is 13.3. The van der Waals surface area contributed by atoms with Crippen molar-refractivity contribution in [2.24, 2.45) is 10.7 Å². The highest BCUT2D eigenvalue weighted by molar-refractivity contribution is 5.99. The molecule has 0 radical (unpaired) electrons. The van der Waals surface area contributed by atoms with Crippen LogP contribution in [-0.4, -0.2) is 96.3 Å². The molecule has 6 rings (SSSR count). The van der Waals surface area contributed by atoms with E-state index in [2.05, 4.69) is 42.2 Å². The Kier molecular flexibility index (Phi) is 26.4. The van der Waals surface area contributed by atoms with Gasteiger partial charge in [-0.2, -0.15) is 0 Å². The van der Waals surface area contributed by atoms with E-state index in [1.807, 2.05) is 30.3 Å². The zero-order chi connectivity index (χ0) is 61.5. The summed E-state index contributed by atoms with van der Waals surface area (Å²) in [4.78, 5) is 113. The Morgan fingerprint density at radius 3 is 1.37 bits per heavy atom. The number of primary amides is 1. The van der Waals surface area contributed by atoms with Gasteiger partial charge in [0.15, 0.2) is 0 Å². The van der Waals surface area contributed by atoms with Gasteiger partial charge in [0.1, 0.15) is 56.3 Å². The number of unbranched alkanes of at least 4 members (excludes halogenated alkanes) is 1. The normalized spacial score (nSPS) is 12.3. The molecule has 0 spiro atoms. The zero-order valence-corrected chi connectivity index (χ0v) is 48.0. The molecule has 6 aromatic rings. The Labute approximate surface area is 499 Å². The van der Waals surface area contributed by atoms with Crippen molar-refractivity contribution in [1.29, 1.82) is 0 Å². The molecule has 22 heteroatoms. The number of carbonyl (C=O) groups is 8. The number of hydrogen-bond donors (Lipinski definition) is 9. The Bertz CT molecular complexity index is 3170. The van der Waals surface area contributed by atoms with Crippen LogP contribution in [0.2, 0.25) is 0 Å². The summed E-state index contributed by atoms with van der Waals surface area (Å²) in [7, 11) is 0. The first-order chi connectivity index (χ1) is 41.6. The van der Waals surface area contributed by atoms with E-state index in [-0.39, 0.29) is 83.3 Å². The van der Waals surface area contributed by atoms with Gasteiger partial charge < -0.3 is 61.7 Å². The first-order valence-corrected chi connectivity index (χ1v) is 28.0. The zero-order valence-electron chi connectivity index (χ0n) is 48.0. The molecule has 10 N–H and O–H groups in total. The minimum Gasteiger partial charge on any atom is -0.508 e. The highest BCUT2D eigenvalue weighted by Gasteiger charge is 2.32. The molecule has 0 aliphatic rings. The number of guanidine groups is 1. The summed E-state index contributed by atoms with van der Waals surface area (Å²) in [5.41, 5.74) is 11.1. The van der Waals surface area contributed by atoms with Crippen molar-refractivity contribution in [3.05, 3.63) is 208 Å². The average molecular weight is 1180 g/mol. The van der Waals surface area contributed by atoms with E-state index in [0.29, 0.717) is 51.8 Å². The number of nitrogens with zero attached hydrogens (tertiary/aromatic N) is 1. The third kappa shape index (κ3) is 23.5. The van der Waals surface area contributed by atoms with Crippen LogP contribution in [0, 0.1) is 13.8 Å². The van der Waals surface area contributed by atoms with Gasteiger partial charge in [-0.1, -0.05) is 152 Å². The van der Waals surface area contributed by atoms with Crippen LogP contribution in [0.3, 0.4) is 0 Å². The lowest BCUT2D eigenvalue weighted by atomic mass is 9.95. The van der Waals surface area contributed by atoms with E-state index in [0.717, 1.165) is 5.56 Å². The van der Waals surface area contributed by atoms with Gasteiger partial charge in [0.2, 0.25) is 29.6 Å². The first-order valence-electron chi connectivity index (χ1n) is 28.0. The van der Waals surface area contributed by atoms with Gasteiger partial charge in [-0.15, -0.1) is 4.99 Å². The number of aromatic hydroxyl groups is 1. The smallest absolute Gasteiger partial charge is 0.437 e. The fraction of sp³-hybridized carbons (Fsp3) is 0.297. The van der Waals surface area contributed by atoms with Gasteiger partial charge in [-0.05, 0) is 103 Å². The van der Waals surface area contributed by atoms with Crippen molar-refractivity contribution in [1.82, 2.24) is 37.2 Å². The summed E-state index contributed by atoms with van der Waals surface area (Å²) < 4.78 is 21.5. The molecule has 0 aliphatic carbocycles. The maximum absolute atomic E-state index is 14.9. The lowest BCUT2D eigenvalue weighted by Gasteiger charge is -2.27. The van der Waals surface area contributed by atoms with Crippen LogP contribution < -0.4 is 43.0 Å². The molecule has 0 unspecified atom stereocenters. The van der Waals surface area contributed by atoms with E-state index in [1.54, 1.807) is 135 Å². The van der Waals surface area contributed by atoms with Gasteiger partial charge in [-0.25, -0.2) is 19.2 Å². The Balaban J connectivity index is 1.21. The molecular formula is C64H73N9O13. The number of benzene rings is 6. The van der Waals surface area contributed by atoms with Crippen LogP contribution in [-0.2, 0) is 77.4 Å². The molecule has 4 atom stereocenters. The summed E-state index contributed by atoms with van der Waals surface area (Å²) in [6, 6.07) is 42.1. The van der Waals surface area contributed by atoms with E-state index in [1.165, 1.54) is 12.1 Å². The summed E-state index contributed by atoms with van der Waals surface area (Å²) in [6.45, 7) is 3.29. The van der Waals surface area contributed by atoms with E-state index < -0.39 is 72.2 Å². The summed E-state index contributed by atoms with van der Waals surface area (Å²) in [5.74, 6) is -3.66. The maximum Gasteiger partial charge on any atom is 0.437 e. The molecule has 86 heavy (non-hydrogen) atoms. The van der Waals surface area contributed by atoms with Gasteiger partial charge in [0.25, 0.3) is 0 Å². The predicted octanol–water partition coefficient (Wildman–Crippen LogP) is 7.11. The molecule has 0 saturated heterocycles. The summed E-state index contributed by atoms with van der Waals surface area (Å²) >= 11 is 0. The van der Waals surface area contributed by atoms with Crippen LogP contribution >= 0.6 is 0 Å². The number of carbonyl (C=O) groups excluding carboxylic acids is 8. The third-order valence-corrected chi connectivity index (χ3v) is 13.3. The van der Waals surface area contributed by atoms with Crippen molar-refractivity contribution in [3.63, 3.8) is 0 Å². The molecule has 452 valence electrons. The number of nitrogens with two attached hydrogens (primary N) is 1. The molecule has 0 fully saturated rings. The maximum atomic E-state index is 14.9. The molecule has 0 aliphatic heterocycles. The first kappa shape index (κ1) is 64.9. The van der Waals surface area contributed by atoms with Crippen molar-refractivity contribution >= 4 is 54.0 Å². The quantitative estimate of drug-likeness (QED) is 0.00978. The fourth-order valence-corrected chi connectivity index (χ4v) is 8.80. The van der Waals surface area contributed by atoms with E-state index in [9.17, 15) is 43.5 Å². The largest absolute Gasteiger partial charge is 0.508 e. The highest BCUT2D eigenvalue weighted by Crippen LogP contribution is 2.23. The molecule has 0 saturated carbocycles. The Morgan fingerprint density at radius 1 is 0.453 bits per heavy atom. The number of aryl methyl sites for hydroxylation is 2. The SMILES string of the molecule is Cc1cc(O)cc(C)c1C[C@H](NC(=O)OCc1ccccc1)C(=O)N[C@H](CCCN/C(=N\C(=O)OCc1ccccc1)NC(=O)OCc1ccccc1)C(=O)N[C@@H](Cc1ccccc1)C(=O)N[C@@H](CCCCNC(=O)OCc1ccccc1)C(N)=O. The number of amides is 8. The van der Waals surface area contributed by atoms with Crippen LogP contribution in [0.4, 0.5) is 19.2 Å². The number of aliphatic imine (C=N–C) groups is 1. The Morgan fingerprint density at radius 2 is 0.860 bits per heavy atom. The molecule has 8 amide bonds. The number of hydrogen-bond acceptors (Lipinski definition) is 13. The molecule has 0 aromatic heterocycles. The lowest BCUT2D eigenvalue weighted by molar-refractivity contribution is -0.133. The summed E-state index contributed by atoms with van der Waals surface area (Å²) in [5, 5.41) is 29.2. The number of ether oxygens (including phenoxy) is 4. The fourth-order valence-electron chi connectivity index (χ4n) is 8.80. The van der Waals surface area contributed by atoms with Crippen LogP contribution in [0.15, 0.2) is 169 Å². The number of rotatable bonds is 29. The monoisotopic (exact) mass is 1180 g/mol. The molecule has 22 nitrogen and oxygen atoms in total. The molecular weight excluding hydrogens is 1100 g/mol. The number of alkyl carbamates (subject to hydrolysis) is 3. The number of nitrogens with one attached hydrogen (secondary N) is 7. The van der Waals surface area contributed by atoms with Gasteiger partial charge in [-0.3, -0.25) is 24.5 Å². The predicted molar refractivity (Wildman–Crippen MR) is 320 cm³/mol. The van der Waals surface area contributed by atoms with Crippen molar-refractivity contribution in [2.45, 2.75) is 109 Å². The van der Waals surface area contributed by atoms with Crippen molar-refractivity contribution < 1.29 is 62.4 Å². The second-order valence-corrected chi connectivity index (χ2v) is 20.0. The van der Waals surface area contributed by atoms with Crippen LogP contribution in [0.5, 0.6) is 5.75 Å². The van der Waals surface area contributed by atoms with Gasteiger partial charge in [0, 0.05) is 25.9 Å². The van der Waals surface area contributed by atoms with Crippen LogP contribution in [0.25, 0.3) is 0 Å². The van der Waals surface area contributed by atoms with E-state index >= 15 is 0 Å². The molecule has 6 aromatic carbocycles. The average Bonchev–Trinajstić information content (AvgIpc) is 2.51. The van der Waals surface area contributed by atoms with Crippen LogP contribution in [0.1, 0.15) is 76.6 Å². The number of phenolic OH excluding ortho intramolecular Hbond substituents is 1. The van der Waals surface area contributed by atoms with Crippen molar-refractivity contribution in [3.8, 4) is 5.75 Å². The molecule has 0 heterocycles. The minimum absolute atomic E-state index is 0.00984. The highest BCUT2D eigenvalue weighted by atomic mass is 16.6. The van der Waals surface area contributed by atoms with Gasteiger partial charge >= 0.3 is 24.4 Å². The number of phenols is 1.